The van der Waals surface area contributed by atoms with Crippen LogP contribution in [0.4, 0.5) is 4.39 Å². The third kappa shape index (κ3) is 11.7. The van der Waals surface area contributed by atoms with Crippen LogP contribution in [0.15, 0.2) is 48.5 Å². The number of carboxylic acids is 1. The molecule has 2 atom stereocenters. The zero-order chi connectivity index (χ0) is 28.9. The standard InChI is InChI=1S/C26H35FN2O2.C4H8O4/c1-20(2)19-31-25-11-6-21(7-12-25)8-13-26(30)29(24-14-16-28(3)17-15-24)18-22-4-9-23(27)10-5-22;1-2(5)3(6)4(7)8/h4-7,9-12,20,24H,8,13-19H2,1-3H3;2-3,5-6H,1H3,(H,7,8)/t;2-,3+/m.0/s1. The first kappa shape index (κ1) is 32.2. The molecular formula is C30H43FN2O6. The molecule has 3 rings (SSSR count). The summed E-state index contributed by atoms with van der Waals surface area (Å²) in [5, 5.41) is 24.7. The predicted octanol–water partition coefficient (Wildman–Crippen LogP) is 3.73. The average molecular weight is 547 g/mol. The van der Waals surface area contributed by atoms with Gasteiger partial charge in [0.2, 0.25) is 5.91 Å². The van der Waals surface area contributed by atoms with Gasteiger partial charge in [0.1, 0.15) is 11.6 Å². The Balaban J connectivity index is 0.000000580. The molecule has 9 heteroatoms. The van der Waals surface area contributed by atoms with E-state index in [4.69, 9.17) is 20.1 Å². The lowest BCUT2D eigenvalue weighted by Crippen LogP contribution is -2.46. The number of benzene rings is 2. The molecule has 1 saturated heterocycles. The molecule has 1 amide bonds. The Morgan fingerprint density at radius 3 is 2.05 bits per heavy atom. The second-order valence-electron chi connectivity index (χ2n) is 10.6. The molecule has 0 unspecified atom stereocenters. The number of nitrogens with zero attached hydrogens (tertiary/aromatic N) is 2. The second-order valence-corrected chi connectivity index (χ2v) is 10.6. The lowest BCUT2D eigenvalue weighted by atomic mass is 10.0. The number of hydrogen-bond acceptors (Lipinski definition) is 6. The van der Waals surface area contributed by atoms with E-state index >= 15 is 0 Å². The minimum Gasteiger partial charge on any atom is -0.493 e. The quantitative estimate of drug-likeness (QED) is 0.394. The lowest BCUT2D eigenvalue weighted by molar-refractivity contribution is -0.152. The molecule has 1 heterocycles. The molecule has 1 aliphatic heterocycles. The number of hydrogen-bond donors (Lipinski definition) is 3. The number of rotatable bonds is 11. The number of aryl methyl sites for hydroxylation is 1. The Kier molecular flexibility index (Phi) is 13.4. The lowest BCUT2D eigenvalue weighted by Gasteiger charge is -2.37. The summed E-state index contributed by atoms with van der Waals surface area (Å²) in [7, 11) is 2.12. The molecule has 1 aliphatic rings. The number of likely N-dealkylation sites (tertiary alicyclic amines) is 1. The minimum atomic E-state index is -1.66. The normalized spacial score (nSPS) is 15.7. The maximum Gasteiger partial charge on any atom is 0.335 e. The van der Waals surface area contributed by atoms with Gasteiger partial charge in [0.05, 0.1) is 12.7 Å². The van der Waals surface area contributed by atoms with Crippen LogP contribution in [0.1, 0.15) is 51.2 Å². The molecular weight excluding hydrogens is 503 g/mol. The Labute approximate surface area is 231 Å². The molecule has 2 aromatic carbocycles. The van der Waals surface area contributed by atoms with Gasteiger partial charge in [-0.3, -0.25) is 4.79 Å². The van der Waals surface area contributed by atoms with Crippen LogP contribution in [0.3, 0.4) is 0 Å². The van der Waals surface area contributed by atoms with Crippen molar-refractivity contribution in [2.24, 2.45) is 5.92 Å². The third-order valence-electron chi connectivity index (χ3n) is 6.56. The molecule has 216 valence electrons. The van der Waals surface area contributed by atoms with E-state index in [0.717, 1.165) is 42.8 Å². The second kappa shape index (κ2) is 16.2. The highest BCUT2D eigenvalue weighted by Crippen LogP contribution is 2.21. The number of aliphatic hydroxyl groups is 2. The minimum absolute atomic E-state index is 0.166. The number of ether oxygens (including phenoxy) is 1. The fraction of sp³-hybridized carbons (Fsp3) is 0.533. The van der Waals surface area contributed by atoms with Crippen molar-refractivity contribution in [1.82, 2.24) is 9.80 Å². The van der Waals surface area contributed by atoms with Crippen molar-refractivity contribution in [3.05, 3.63) is 65.5 Å². The van der Waals surface area contributed by atoms with E-state index in [1.165, 1.54) is 19.1 Å². The van der Waals surface area contributed by atoms with Crippen molar-refractivity contribution < 1.29 is 34.0 Å². The molecule has 0 saturated carbocycles. The van der Waals surface area contributed by atoms with Gasteiger partial charge in [0.25, 0.3) is 0 Å². The molecule has 39 heavy (non-hydrogen) atoms. The number of aliphatic carboxylic acids is 1. The number of amides is 1. The Hall–Kier alpha value is -3.01. The molecule has 1 fully saturated rings. The number of aliphatic hydroxyl groups excluding tert-OH is 2. The fourth-order valence-electron chi connectivity index (χ4n) is 4.13. The number of halogens is 1. The fourth-order valence-corrected chi connectivity index (χ4v) is 4.13. The molecule has 0 bridgehead atoms. The number of carbonyl (C=O) groups is 2. The Morgan fingerprint density at radius 1 is 1.00 bits per heavy atom. The van der Waals surface area contributed by atoms with E-state index in [-0.39, 0.29) is 17.8 Å². The van der Waals surface area contributed by atoms with Crippen molar-refractivity contribution in [2.45, 2.75) is 71.2 Å². The zero-order valence-corrected chi connectivity index (χ0v) is 23.4. The van der Waals surface area contributed by atoms with Gasteiger partial charge in [-0.2, -0.15) is 0 Å². The van der Waals surface area contributed by atoms with E-state index in [1.807, 2.05) is 29.2 Å². The number of piperidine rings is 1. The maximum atomic E-state index is 13.3. The van der Waals surface area contributed by atoms with Gasteiger partial charge < -0.3 is 29.9 Å². The van der Waals surface area contributed by atoms with Crippen LogP contribution in [0.2, 0.25) is 0 Å². The number of carbonyl (C=O) groups excluding carboxylic acids is 1. The van der Waals surface area contributed by atoms with Gasteiger partial charge in [-0.1, -0.05) is 38.1 Å². The van der Waals surface area contributed by atoms with E-state index < -0.39 is 18.2 Å². The van der Waals surface area contributed by atoms with Crippen molar-refractivity contribution >= 4 is 11.9 Å². The monoisotopic (exact) mass is 546 g/mol. The molecule has 3 N–H and O–H groups in total. The topological polar surface area (TPSA) is 111 Å². The zero-order valence-electron chi connectivity index (χ0n) is 23.4. The van der Waals surface area contributed by atoms with E-state index in [2.05, 4.69) is 25.8 Å². The highest BCUT2D eigenvalue weighted by atomic mass is 19.1. The predicted molar refractivity (Wildman–Crippen MR) is 148 cm³/mol. The Bertz CT molecular complexity index is 1010. The van der Waals surface area contributed by atoms with Crippen LogP contribution < -0.4 is 4.74 Å². The van der Waals surface area contributed by atoms with Crippen LogP contribution in [0, 0.1) is 11.7 Å². The van der Waals surface area contributed by atoms with Crippen LogP contribution in [0.25, 0.3) is 0 Å². The molecule has 0 radical (unpaired) electrons. The summed E-state index contributed by atoms with van der Waals surface area (Å²) in [5.41, 5.74) is 2.11. The van der Waals surface area contributed by atoms with Gasteiger partial charge in [0.15, 0.2) is 6.10 Å². The van der Waals surface area contributed by atoms with E-state index in [0.29, 0.717) is 31.9 Å². The van der Waals surface area contributed by atoms with Crippen LogP contribution in [-0.4, -0.2) is 82.0 Å². The summed E-state index contributed by atoms with van der Waals surface area (Å²) in [5.74, 6) is -0.127. The summed E-state index contributed by atoms with van der Waals surface area (Å²) < 4.78 is 19.1. The first-order chi connectivity index (χ1) is 18.5. The van der Waals surface area contributed by atoms with Gasteiger partial charge >= 0.3 is 5.97 Å². The van der Waals surface area contributed by atoms with Gasteiger partial charge in [-0.25, -0.2) is 9.18 Å². The maximum absolute atomic E-state index is 13.3. The van der Waals surface area contributed by atoms with Crippen molar-refractivity contribution in [1.29, 1.82) is 0 Å². The van der Waals surface area contributed by atoms with Crippen molar-refractivity contribution in [3.63, 3.8) is 0 Å². The summed E-state index contributed by atoms with van der Waals surface area (Å²) in [4.78, 5) is 27.3. The molecule has 2 aromatic rings. The van der Waals surface area contributed by atoms with Gasteiger partial charge in [0, 0.05) is 19.0 Å². The van der Waals surface area contributed by atoms with Crippen molar-refractivity contribution in [3.8, 4) is 5.75 Å². The van der Waals surface area contributed by atoms with E-state index in [9.17, 15) is 14.0 Å². The highest BCUT2D eigenvalue weighted by Gasteiger charge is 2.27. The van der Waals surface area contributed by atoms with E-state index in [1.54, 1.807) is 12.1 Å². The molecule has 0 aliphatic carbocycles. The van der Waals surface area contributed by atoms with Crippen molar-refractivity contribution in [2.75, 3.05) is 26.7 Å². The summed E-state index contributed by atoms with van der Waals surface area (Å²) in [6.45, 7) is 8.69. The summed E-state index contributed by atoms with van der Waals surface area (Å²) >= 11 is 0. The smallest absolute Gasteiger partial charge is 0.335 e. The largest absolute Gasteiger partial charge is 0.493 e. The number of carboxylic acid groups (broad SMARTS) is 1. The first-order valence-corrected chi connectivity index (χ1v) is 13.5. The van der Waals surface area contributed by atoms with Gasteiger partial charge in [-0.15, -0.1) is 0 Å². The Morgan fingerprint density at radius 2 is 1.56 bits per heavy atom. The summed E-state index contributed by atoms with van der Waals surface area (Å²) in [6.07, 6.45) is 0.272. The first-order valence-electron chi connectivity index (χ1n) is 13.5. The van der Waals surface area contributed by atoms with Crippen LogP contribution >= 0.6 is 0 Å². The molecule has 8 nitrogen and oxygen atoms in total. The summed E-state index contributed by atoms with van der Waals surface area (Å²) in [6, 6.07) is 14.8. The van der Waals surface area contributed by atoms with Gasteiger partial charge in [-0.05, 0) is 87.6 Å². The third-order valence-corrected chi connectivity index (χ3v) is 6.56. The SMILES string of the molecule is CC(C)COc1ccc(CCC(=O)N(Cc2ccc(F)cc2)C2CCN(C)CC2)cc1.C[C@H](O)[C@@H](O)C(=O)O. The average Bonchev–Trinajstić information content (AvgIpc) is 2.91. The molecule has 0 spiro atoms. The van der Waals surface area contributed by atoms with Crippen LogP contribution in [-0.2, 0) is 22.6 Å². The van der Waals surface area contributed by atoms with Crippen LogP contribution in [0.5, 0.6) is 5.75 Å². The molecule has 0 aromatic heterocycles. The highest BCUT2D eigenvalue weighted by molar-refractivity contribution is 5.77.